The van der Waals surface area contributed by atoms with E-state index in [4.69, 9.17) is 5.11 Å². The standard InChI is InChI=1S/C31H33N5O4/c37-28(35-18-16-22(17-19-35)20-32-31-33-26-12-6-7-13-27(26)34-31)21-36(24-9-2-1-3-10-24)30(40)25-11-5-4-8-23(25)14-15-29(38)39/h1-13,22H,14-21H2,(H,38,39)(H2,32,33,34). The topological polar surface area (TPSA) is 119 Å². The minimum Gasteiger partial charge on any atom is -0.481 e. The highest BCUT2D eigenvalue weighted by atomic mass is 16.4. The van der Waals surface area contributed by atoms with Gasteiger partial charge in [-0.15, -0.1) is 0 Å². The lowest BCUT2D eigenvalue weighted by atomic mass is 9.96. The highest BCUT2D eigenvalue weighted by molar-refractivity contribution is 6.09. The van der Waals surface area contributed by atoms with Gasteiger partial charge in [-0.1, -0.05) is 48.5 Å². The van der Waals surface area contributed by atoms with Gasteiger partial charge >= 0.3 is 5.97 Å². The van der Waals surface area contributed by atoms with E-state index in [9.17, 15) is 14.4 Å². The number of imidazole rings is 1. The quantitative estimate of drug-likeness (QED) is 0.272. The van der Waals surface area contributed by atoms with E-state index in [2.05, 4.69) is 15.3 Å². The van der Waals surface area contributed by atoms with Crippen molar-refractivity contribution in [1.29, 1.82) is 0 Å². The number of nitrogens with one attached hydrogen (secondary N) is 2. The summed E-state index contributed by atoms with van der Waals surface area (Å²) in [6.45, 7) is 1.93. The van der Waals surface area contributed by atoms with E-state index < -0.39 is 5.97 Å². The van der Waals surface area contributed by atoms with Crippen LogP contribution in [0.2, 0.25) is 0 Å². The molecule has 2 heterocycles. The molecule has 1 saturated heterocycles. The molecule has 0 aliphatic carbocycles. The first-order valence-electron chi connectivity index (χ1n) is 13.6. The molecule has 0 spiro atoms. The van der Waals surface area contributed by atoms with E-state index in [0.717, 1.165) is 36.4 Å². The highest BCUT2D eigenvalue weighted by Gasteiger charge is 2.28. The SMILES string of the molecule is O=C(O)CCc1ccccc1C(=O)N(CC(=O)N1CCC(CNc2nc3ccccc3[nH]2)CC1)c1ccccc1. The summed E-state index contributed by atoms with van der Waals surface area (Å²) in [6, 6.07) is 24.0. The summed E-state index contributed by atoms with van der Waals surface area (Å²) in [4.78, 5) is 49.5. The van der Waals surface area contributed by atoms with Gasteiger partial charge in [-0.2, -0.15) is 0 Å². The molecule has 0 unspecified atom stereocenters. The summed E-state index contributed by atoms with van der Waals surface area (Å²) >= 11 is 0. The Labute approximate surface area is 232 Å². The van der Waals surface area contributed by atoms with Crippen molar-refractivity contribution < 1.29 is 19.5 Å². The number of aliphatic carboxylic acids is 1. The van der Waals surface area contributed by atoms with Gasteiger partial charge in [0.15, 0.2) is 0 Å². The second kappa shape index (κ2) is 12.5. The van der Waals surface area contributed by atoms with Crippen LogP contribution in [0.25, 0.3) is 11.0 Å². The van der Waals surface area contributed by atoms with Gasteiger partial charge in [0.05, 0.1) is 11.0 Å². The number of aromatic amines is 1. The number of benzene rings is 3. The number of rotatable bonds is 10. The summed E-state index contributed by atoms with van der Waals surface area (Å²) in [5.74, 6) is -0.187. The predicted molar refractivity (Wildman–Crippen MR) is 154 cm³/mol. The Morgan fingerprint density at radius 1 is 0.950 bits per heavy atom. The molecule has 3 aromatic carbocycles. The third-order valence-electron chi connectivity index (χ3n) is 7.38. The van der Waals surface area contributed by atoms with Crippen LogP contribution >= 0.6 is 0 Å². The molecule has 1 aliphatic heterocycles. The van der Waals surface area contributed by atoms with E-state index in [1.807, 2.05) is 47.4 Å². The van der Waals surface area contributed by atoms with E-state index in [0.29, 0.717) is 35.8 Å². The molecule has 0 bridgehead atoms. The number of carbonyl (C=O) groups is 3. The van der Waals surface area contributed by atoms with Crippen molar-refractivity contribution in [3.63, 3.8) is 0 Å². The van der Waals surface area contributed by atoms with Crippen LogP contribution in [-0.4, -0.2) is 63.9 Å². The number of fused-ring (bicyclic) bond motifs is 1. The highest BCUT2D eigenvalue weighted by Crippen LogP contribution is 2.23. The van der Waals surface area contributed by atoms with Gasteiger partial charge in [-0.3, -0.25) is 19.3 Å². The zero-order valence-corrected chi connectivity index (χ0v) is 22.3. The number of hydrogen-bond donors (Lipinski definition) is 3. The minimum absolute atomic E-state index is 0.0747. The van der Waals surface area contributed by atoms with Crippen LogP contribution in [-0.2, 0) is 16.0 Å². The smallest absolute Gasteiger partial charge is 0.303 e. The maximum Gasteiger partial charge on any atom is 0.303 e. The largest absolute Gasteiger partial charge is 0.481 e. The lowest BCUT2D eigenvalue weighted by Crippen LogP contribution is -2.46. The molecule has 206 valence electrons. The second-order valence-electron chi connectivity index (χ2n) is 10.1. The fraction of sp³-hybridized carbons (Fsp3) is 0.290. The van der Waals surface area contributed by atoms with Crippen molar-refractivity contribution in [2.24, 2.45) is 5.92 Å². The number of carbonyl (C=O) groups excluding carboxylic acids is 2. The first-order chi connectivity index (χ1) is 19.5. The number of nitrogens with zero attached hydrogens (tertiary/aromatic N) is 3. The van der Waals surface area contributed by atoms with Crippen LogP contribution in [0.5, 0.6) is 0 Å². The number of H-pyrrole nitrogens is 1. The van der Waals surface area contributed by atoms with Crippen LogP contribution in [0.4, 0.5) is 11.6 Å². The fourth-order valence-electron chi connectivity index (χ4n) is 5.12. The van der Waals surface area contributed by atoms with Crippen molar-refractivity contribution in [1.82, 2.24) is 14.9 Å². The first kappa shape index (κ1) is 26.9. The molecule has 0 atom stereocenters. The van der Waals surface area contributed by atoms with Crippen molar-refractivity contribution in [2.45, 2.75) is 25.7 Å². The Balaban J connectivity index is 1.22. The zero-order valence-electron chi connectivity index (χ0n) is 22.3. The van der Waals surface area contributed by atoms with Gasteiger partial charge in [0.2, 0.25) is 11.9 Å². The predicted octanol–water partition coefficient (Wildman–Crippen LogP) is 4.58. The average Bonchev–Trinajstić information content (AvgIpc) is 3.41. The molecule has 2 amide bonds. The van der Waals surface area contributed by atoms with Gasteiger partial charge in [0.25, 0.3) is 5.91 Å². The van der Waals surface area contributed by atoms with Crippen molar-refractivity contribution in [2.75, 3.05) is 36.4 Å². The van der Waals surface area contributed by atoms with E-state index in [-0.39, 0.29) is 31.2 Å². The Morgan fingerprint density at radius 3 is 2.40 bits per heavy atom. The number of amides is 2. The minimum atomic E-state index is -0.923. The number of hydrogen-bond acceptors (Lipinski definition) is 5. The second-order valence-corrected chi connectivity index (χ2v) is 10.1. The maximum absolute atomic E-state index is 13.8. The molecule has 9 heteroatoms. The van der Waals surface area contributed by atoms with Gasteiger partial charge in [-0.05, 0) is 61.1 Å². The Hall–Kier alpha value is -4.66. The third kappa shape index (κ3) is 6.48. The number of piperidine rings is 1. The number of para-hydroxylation sites is 3. The third-order valence-corrected chi connectivity index (χ3v) is 7.38. The Morgan fingerprint density at radius 2 is 1.65 bits per heavy atom. The molecule has 1 fully saturated rings. The van der Waals surface area contributed by atoms with Crippen LogP contribution in [0.15, 0.2) is 78.9 Å². The lowest BCUT2D eigenvalue weighted by molar-refractivity contribution is -0.137. The monoisotopic (exact) mass is 539 g/mol. The normalized spacial score (nSPS) is 13.8. The number of anilines is 2. The van der Waals surface area contributed by atoms with Crippen molar-refractivity contribution in [3.8, 4) is 0 Å². The van der Waals surface area contributed by atoms with Crippen molar-refractivity contribution in [3.05, 3.63) is 90.0 Å². The Bertz CT molecular complexity index is 1440. The molecular weight excluding hydrogens is 506 g/mol. The number of aromatic nitrogens is 2. The summed E-state index contributed by atoms with van der Waals surface area (Å²) in [7, 11) is 0. The van der Waals surface area contributed by atoms with Crippen LogP contribution in [0.3, 0.4) is 0 Å². The molecule has 40 heavy (non-hydrogen) atoms. The molecule has 1 aromatic heterocycles. The van der Waals surface area contributed by atoms with Gasteiger partial charge < -0.3 is 20.3 Å². The lowest BCUT2D eigenvalue weighted by Gasteiger charge is -2.34. The average molecular weight is 540 g/mol. The molecular formula is C31H33N5O4. The van der Waals surface area contributed by atoms with Gasteiger partial charge in [-0.25, -0.2) is 4.98 Å². The first-order valence-corrected chi connectivity index (χ1v) is 13.6. The van der Waals surface area contributed by atoms with Gasteiger partial charge in [0.1, 0.15) is 6.54 Å². The fourth-order valence-corrected chi connectivity index (χ4v) is 5.12. The molecule has 9 nitrogen and oxygen atoms in total. The zero-order chi connectivity index (χ0) is 27.9. The number of aryl methyl sites for hydroxylation is 1. The molecule has 4 aromatic rings. The maximum atomic E-state index is 13.8. The molecule has 1 aliphatic rings. The van der Waals surface area contributed by atoms with E-state index >= 15 is 0 Å². The van der Waals surface area contributed by atoms with Crippen LogP contribution < -0.4 is 10.2 Å². The number of likely N-dealkylation sites (tertiary alicyclic amines) is 1. The summed E-state index contributed by atoms with van der Waals surface area (Å²) < 4.78 is 0. The van der Waals surface area contributed by atoms with E-state index in [1.165, 1.54) is 4.90 Å². The Kier molecular flexibility index (Phi) is 8.39. The van der Waals surface area contributed by atoms with Gasteiger partial charge in [0, 0.05) is 37.3 Å². The molecule has 0 radical (unpaired) electrons. The molecule has 0 saturated carbocycles. The summed E-state index contributed by atoms with van der Waals surface area (Å²) in [5, 5.41) is 12.5. The van der Waals surface area contributed by atoms with E-state index in [1.54, 1.807) is 36.4 Å². The van der Waals surface area contributed by atoms with Crippen LogP contribution in [0, 0.1) is 5.92 Å². The summed E-state index contributed by atoms with van der Waals surface area (Å²) in [5.41, 5.74) is 3.61. The number of carboxylic acid groups (broad SMARTS) is 1. The molecule has 5 rings (SSSR count). The summed E-state index contributed by atoms with van der Waals surface area (Å²) in [6.07, 6.45) is 1.88. The van der Waals surface area contributed by atoms with Crippen LogP contribution in [0.1, 0.15) is 35.2 Å². The molecule has 3 N–H and O–H groups in total. The van der Waals surface area contributed by atoms with Crippen molar-refractivity contribution >= 4 is 40.5 Å². The number of carboxylic acids is 1.